The highest BCUT2D eigenvalue weighted by Gasteiger charge is 2.12. The Balaban J connectivity index is 2.21. The van der Waals surface area contributed by atoms with Crippen molar-refractivity contribution < 1.29 is 4.79 Å². The minimum atomic E-state index is -0.110. The molecule has 0 saturated carbocycles. The third kappa shape index (κ3) is 3.31. The molecule has 86 valence electrons. The van der Waals surface area contributed by atoms with Crippen LogP contribution in [0.3, 0.4) is 0 Å². The van der Waals surface area contributed by atoms with E-state index in [4.69, 9.17) is 11.6 Å². The minimum absolute atomic E-state index is 0.110. The zero-order chi connectivity index (χ0) is 12.3. The largest absolute Gasteiger partial charge is 0.281 e. The molecule has 1 aromatic carbocycles. The second kappa shape index (κ2) is 5.67. The zero-order valence-electron chi connectivity index (χ0n) is 8.56. The summed E-state index contributed by atoms with van der Waals surface area (Å²) >= 11 is 10.4. The van der Waals surface area contributed by atoms with E-state index in [0.717, 1.165) is 16.2 Å². The van der Waals surface area contributed by atoms with Crippen LogP contribution < -0.4 is 0 Å². The van der Waals surface area contributed by atoms with E-state index in [2.05, 4.69) is 20.9 Å². The van der Waals surface area contributed by atoms with Gasteiger partial charge in [0.05, 0.1) is 5.02 Å². The summed E-state index contributed by atoms with van der Waals surface area (Å²) in [5.74, 6) is 0. The van der Waals surface area contributed by atoms with E-state index in [1.165, 1.54) is 0 Å². The van der Waals surface area contributed by atoms with Crippen molar-refractivity contribution >= 4 is 44.4 Å². The van der Waals surface area contributed by atoms with Crippen LogP contribution in [0, 0.1) is 0 Å². The van der Waals surface area contributed by atoms with E-state index >= 15 is 0 Å². The van der Waals surface area contributed by atoms with Gasteiger partial charge in [0.25, 0.3) is 0 Å². The number of thioether (sulfide) groups is 1. The molecule has 0 unspecified atom stereocenters. The van der Waals surface area contributed by atoms with Crippen LogP contribution in [0.25, 0.3) is 0 Å². The van der Waals surface area contributed by atoms with Crippen molar-refractivity contribution in [1.82, 2.24) is 4.98 Å². The van der Waals surface area contributed by atoms with Crippen LogP contribution in [-0.4, -0.2) is 10.1 Å². The lowest BCUT2D eigenvalue weighted by atomic mass is 10.2. The van der Waals surface area contributed by atoms with E-state index in [-0.39, 0.29) is 5.12 Å². The second-order valence-corrected chi connectivity index (χ2v) is 5.50. The van der Waals surface area contributed by atoms with Gasteiger partial charge in [0.15, 0.2) is 0 Å². The molecule has 2 aromatic rings. The molecule has 2 nitrogen and oxygen atoms in total. The van der Waals surface area contributed by atoms with Crippen molar-refractivity contribution in [2.75, 3.05) is 0 Å². The number of hydrogen-bond acceptors (Lipinski definition) is 3. The van der Waals surface area contributed by atoms with Crippen molar-refractivity contribution in [2.24, 2.45) is 0 Å². The van der Waals surface area contributed by atoms with Gasteiger partial charge in [-0.2, -0.15) is 0 Å². The van der Waals surface area contributed by atoms with Gasteiger partial charge in [0, 0.05) is 16.2 Å². The highest BCUT2D eigenvalue weighted by atomic mass is 79.9. The Hall–Kier alpha value is -0.840. The van der Waals surface area contributed by atoms with Gasteiger partial charge in [0.2, 0.25) is 5.12 Å². The van der Waals surface area contributed by atoms with Gasteiger partial charge in [-0.1, -0.05) is 33.6 Å². The first-order valence-corrected chi connectivity index (χ1v) is 6.74. The summed E-state index contributed by atoms with van der Waals surface area (Å²) in [6.45, 7) is 0. The maximum Gasteiger partial charge on any atom is 0.227 e. The van der Waals surface area contributed by atoms with E-state index < -0.39 is 0 Å². The average Bonchev–Trinajstić information content (AvgIpc) is 2.30. The number of hydrogen-bond donors (Lipinski definition) is 0. The zero-order valence-corrected chi connectivity index (χ0v) is 11.7. The number of halogens is 2. The Morgan fingerprint density at radius 2 is 2.12 bits per heavy atom. The summed E-state index contributed by atoms with van der Waals surface area (Å²) in [5, 5.41) is 0.991. The predicted octanol–water partition coefficient (Wildman–Crippen LogP) is 4.43. The number of benzene rings is 1. The molecule has 0 saturated heterocycles. The second-order valence-electron chi connectivity index (χ2n) is 3.18. The van der Waals surface area contributed by atoms with Crippen LogP contribution in [-0.2, 0) is 0 Å². The van der Waals surface area contributed by atoms with Gasteiger partial charge in [-0.3, -0.25) is 4.79 Å². The molecule has 17 heavy (non-hydrogen) atoms. The monoisotopic (exact) mass is 327 g/mol. The van der Waals surface area contributed by atoms with Crippen LogP contribution >= 0.6 is 39.3 Å². The summed E-state index contributed by atoms with van der Waals surface area (Å²) in [6, 6.07) is 10.6. The smallest absolute Gasteiger partial charge is 0.227 e. The first-order chi connectivity index (χ1) is 8.16. The molecule has 0 amide bonds. The maximum absolute atomic E-state index is 12.0. The molecular weight excluding hydrogens is 322 g/mol. The molecule has 0 bridgehead atoms. The summed E-state index contributed by atoms with van der Waals surface area (Å²) < 4.78 is 0.849. The van der Waals surface area contributed by atoms with E-state index in [0.29, 0.717) is 15.6 Å². The molecular formula is C12H7BrClNOS. The lowest BCUT2D eigenvalue weighted by molar-refractivity contribution is 0.108. The first-order valence-electron chi connectivity index (χ1n) is 4.75. The van der Waals surface area contributed by atoms with Crippen LogP contribution in [0.5, 0.6) is 0 Å². The SMILES string of the molecule is O=C(Sc1ccccn1)c1ccc(Br)cc1Cl. The fraction of sp³-hybridized carbons (Fsp3) is 0. The van der Waals surface area contributed by atoms with Gasteiger partial charge >= 0.3 is 0 Å². The molecule has 0 aliphatic carbocycles. The average molecular weight is 329 g/mol. The molecule has 0 aliphatic rings. The molecule has 1 heterocycles. The fourth-order valence-corrected chi connectivity index (χ4v) is 2.77. The van der Waals surface area contributed by atoms with Crippen molar-refractivity contribution in [1.29, 1.82) is 0 Å². The number of aromatic nitrogens is 1. The topological polar surface area (TPSA) is 30.0 Å². The minimum Gasteiger partial charge on any atom is -0.281 e. The summed E-state index contributed by atoms with van der Waals surface area (Å²) in [5.41, 5.74) is 0.491. The number of carbonyl (C=O) groups is 1. The van der Waals surface area contributed by atoms with E-state index in [9.17, 15) is 4.79 Å². The van der Waals surface area contributed by atoms with Crippen LogP contribution in [0.2, 0.25) is 5.02 Å². The van der Waals surface area contributed by atoms with E-state index in [1.54, 1.807) is 36.5 Å². The number of nitrogens with zero attached hydrogens (tertiary/aromatic N) is 1. The Kier molecular flexibility index (Phi) is 4.20. The lowest BCUT2D eigenvalue weighted by Gasteiger charge is -2.03. The van der Waals surface area contributed by atoms with Crippen LogP contribution in [0.1, 0.15) is 10.4 Å². The molecule has 2 rings (SSSR count). The van der Waals surface area contributed by atoms with Crippen molar-refractivity contribution in [3.63, 3.8) is 0 Å². The summed E-state index contributed by atoms with van der Waals surface area (Å²) in [7, 11) is 0. The molecule has 5 heteroatoms. The third-order valence-corrected chi connectivity index (χ3v) is 3.65. The van der Waals surface area contributed by atoms with Crippen molar-refractivity contribution in [2.45, 2.75) is 5.03 Å². The third-order valence-electron chi connectivity index (χ3n) is 1.99. The fourth-order valence-electron chi connectivity index (χ4n) is 1.21. The molecule has 0 atom stereocenters. The Bertz CT molecular complexity index is 547. The summed E-state index contributed by atoms with van der Waals surface area (Å²) in [6.07, 6.45) is 1.65. The molecule has 0 fully saturated rings. The molecule has 0 radical (unpaired) electrons. The number of pyridine rings is 1. The van der Waals surface area contributed by atoms with Gasteiger partial charge in [-0.05, 0) is 42.1 Å². The predicted molar refractivity (Wildman–Crippen MR) is 73.6 cm³/mol. The standard InChI is InChI=1S/C12H7BrClNOS/c13-8-4-5-9(10(14)7-8)12(16)17-11-3-1-2-6-15-11/h1-7H. The Morgan fingerprint density at radius 1 is 1.29 bits per heavy atom. The van der Waals surface area contributed by atoms with E-state index in [1.807, 2.05) is 6.07 Å². The number of carbonyl (C=O) groups excluding carboxylic acids is 1. The Labute approximate surface area is 117 Å². The molecule has 1 aromatic heterocycles. The highest BCUT2D eigenvalue weighted by molar-refractivity contribution is 9.10. The first kappa shape index (κ1) is 12.6. The number of rotatable bonds is 2. The quantitative estimate of drug-likeness (QED) is 0.764. The van der Waals surface area contributed by atoms with Crippen molar-refractivity contribution in [3.8, 4) is 0 Å². The Morgan fingerprint density at radius 3 is 2.76 bits per heavy atom. The molecule has 0 N–H and O–H groups in total. The highest BCUT2D eigenvalue weighted by Crippen LogP contribution is 2.27. The van der Waals surface area contributed by atoms with Crippen molar-refractivity contribution in [3.05, 3.63) is 57.7 Å². The van der Waals surface area contributed by atoms with Gasteiger partial charge in [-0.25, -0.2) is 4.98 Å². The van der Waals surface area contributed by atoms with Crippen LogP contribution in [0.15, 0.2) is 52.1 Å². The maximum atomic E-state index is 12.0. The van der Waals surface area contributed by atoms with Gasteiger partial charge in [-0.15, -0.1) is 0 Å². The molecule has 0 spiro atoms. The van der Waals surface area contributed by atoms with Gasteiger partial charge < -0.3 is 0 Å². The molecule has 0 aliphatic heterocycles. The summed E-state index contributed by atoms with van der Waals surface area (Å²) in [4.78, 5) is 16.1. The van der Waals surface area contributed by atoms with Gasteiger partial charge in [0.1, 0.15) is 5.03 Å². The van der Waals surface area contributed by atoms with Crippen LogP contribution in [0.4, 0.5) is 0 Å². The lowest BCUT2D eigenvalue weighted by Crippen LogP contribution is -1.95. The normalized spacial score (nSPS) is 10.2.